The molecule has 2 aliphatic rings. The monoisotopic (exact) mass is 498 g/mol. The van der Waals surface area contributed by atoms with Crippen molar-refractivity contribution in [3.8, 4) is 11.5 Å². The lowest BCUT2D eigenvalue weighted by Crippen LogP contribution is -2.20. The predicted molar refractivity (Wildman–Crippen MR) is 127 cm³/mol. The molecule has 2 heterocycles. The molecule has 2 aliphatic heterocycles. The zero-order chi connectivity index (χ0) is 25.2. The van der Waals surface area contributed by atoms with Crippen LogP contribution in [0.5, 0.6) is 11.5 Å². The highest BCUT2D eigenvalue weighted by Crippen LogP contribution is 2.18. The van der Waals surface area contributed by atoms with E-state index >= 15 is 0 Å². The molecule has 2 fully saturated rings. The summed E-state index contributed by atoms with van der Waals surface area (Å²) in [6.45, 7) is 1.44. The summed E-state index contributed by atoms with van der Waals surface area (Å²) in [5.41, 5.74) is 0.567. The number of carbonyl (C=O) groups is 3. The zero-order valence-electron chi connectivity index (χ0n) is 20.0. The maximum atomic E-state index is 12.2. The number of carbonyl (C=O) groups excluding carboxylic acids is 3. The Labute approximate surface area is 209 Å². The molecular weight excluding hydrogens is 468 g/mol. The van der Waals surface area contributed by atoms with Gasteiger partial charge in [-0.3, -0.25) is 4.79 Å². The average Bonchev–Trinajstić information content (AvgIpc) is 3.63. The molecule has 0 unspecified atom stereocenters. The van der Waals surface area contributed by atoms with E-state index in [1.165, 1.54) is 0 Å². The second-order valence-electron chi connectivity index (χ2n) is 8.63. The Bertz CT molecular complexity index is 923. The first kappa shape index (κ1) is 25.7. The minimum absolute atomic E-state index is 0.102. The zero-order valence-corrected chi connectivity index (χ0v) is 20.0. The van der Waals surface area contributed by atoms with Crippen LogP contribution >= 0.6 is 0 Å². The van der Waals surface area contributed by atoms with E-state index in [-0.39, 0.29) is 23.3 Å². The third kappa shape index (κ3) is 7.79. The highest BCUT2D eigenvalue weighted by atomic mass is 16.6. The number of Topliss-reactive ketones (excluding diaryl/α,β-unsaturated/α-hetero) is 1. The van der Waals surface area contributed by atoms with Crippen molar-refractivity contribution >= 4 is 17.7 Å². The summed E-state index contributed by atoms with van der Waals surface area (Å²) >= 11 is 0. The van der Waals surface area contributed by atoms with E-state index in [0.29, 0.717) is 24.7 Å². The van der Waals surface area contributed by atoms with Crippen LogP contribution in [0, 0.1) is 0 Å². The Hall–Kier alpha value is -3.43. The fourth-order valence-corrected chi connectivity index (χ4v) is 3.80. The topological polar surface area (TPSA) is 107 Å². The lowest BCUT2D eigenvalue weighted by molar-refractivity contribution is -0.125. The van der Waals surface area contributed by atoms with Gasteiger partial charge >= 0.3 is 11.9 Å². The van der Waals surface area contributed by atoms with Crippen molar-refractivity contribution in [3.63, 3.8) is 0 Å². The third-order valence-electron chi connectivity index (χ3n) is 5.83. The summed E-state index contributed by atoms with van der Waals surface area (Å²) in [4.78, 5) is 36.4. The first-order valence-electron chi connectivity index (χ1n) is 12.1. The highest BCUT2D eigenvalue weighted by molar-refractivity contribution is 5.94. The number of ether oxygens (including phenoxy) is 6. The first-order chi connectivity index (χ1) is 17.6. The van der Waals surface area contributed by atoms with Gasteiger partial charge in [-0.2, -0.15) is 0 Å². The summed E-state index contributed by atoms with van der Waals surface area (Å²) in [5, 5.41) is 0. The molecule has 0 spiro atoms. The molecule has 0 aliphatic carbocycles. The van der Waals surface area contributed by atoms with Gasteiger partial charge in [0.1, 0.15) is 24.7 Å². The number of benzene rings is 2. The molecule has 0 amide bonds. The summed E-state index contributed by atoms with van der Waals surface area (Å²) in [5.74, 6) is -0.609. The third-order valence-corrected chi connectivity index (χ3v) is 5.83. The van der Waals surface area contributed by atoms with E-state index in [9.17, 15) is 14.4 Å². The Kier molecular flexibility index (Phi) is 9.29. The van der Waals surface area contributed by atoms with Gasteiger partial charge < -0.3 is 28.4 Å². The number of rotatable bonds is 12. The Morgan fingerprint density at radius 1 is 0.667 bits per heavy atom. The molecule has 2 aromatic rings. The molecule has 36 heavy (non-hydrogen) atoms. The van der Waals surface area contributed by atoms with Crippen LogP contribution in [0.2, 0.25) is 0 Å². The minimum atomic E-state index is -0.654. The van der Waals surface area contributed by atoms with Gasteiger partial charge in [-0.1, -0.05) is 0 Å². The molecule has 9 nitrogen and oxygen atoms in total. The largest absolute Gasteiger partial charge is 0.491 e. The number of hydrogen-bond acceptors (Lipinski definition) is 9. The Morgan fingerprint density at radius 3 is 1.44 bits per heavy atom. The maximum absolute atomic E-state index is 12.2. The molecule has 192 valence electrons. The Balaban J connectivity index is 1.13. The van der Waals surface area contributed by atoms with E-state index in [1.54, 1.807) is 48.5 Å². The van der Waals surface area contributed by atoms with Gasteiger partial charge in [-0.15, -0.1) is 0 Å². The van der Waals surface area contributed by atoms with Crippen LogP contribution in [-0.2, 0) is 23.7 Å². The van der Waals surface area contributed by atoms with Crippen LogP contribution in [0.1, 0.15) is 46.4 Å². The second kappa shape index (κ2) is 13.0. The van der Waals surface area contributed by atoms with E-state index < -0.39 is 30.9 Å². The van der Waals surface area contributed by atoms with E-state index in [1.807, 2.05) is 0 Å². The predicted octanol–water partition coefficient (Wildman–Crippen LogP) is 3.39. The van der Waals surface area contributed by atoms with Crippen LogP contribution in [0.25, 0.3) is 0 Å². The van der Waals surface area contributed by atoms with Crippen molar-refractivity contribution in [3.05, 3.63) is 59.7 Å². The highest BCUT2D eigenvalue weighted by Gasteiger charge is 2.18. The molecule has 0 N–H and O–H groups in total. The first-order valence-corrected chi connectivity index (χ1v) is 12.1. The molecule has 0 radical (unpaired) electrons. The molecular formula is C27H30O9. The van der Waals surface area contributed by atoms with Crippen molar-refractivity contribution in [2.24, 2.45) is 0 Å². The number of hydrogen-bond donors (Lipinski definition) is 0. The van der Waals surface area contributed by atoms with Crippen molar-refractivity contribution in [1.29, 1.82) is 0 Å². The van der Waals surface area contributed by atoms with Crippen LogP contribution in [0.3, 0.4) is 0 Å². The minimum Gasteiger partial charge on any atom is -0.491 e. The van der Waals surface area contributed by atoms with E-state index in [4.69, 9.17) is 28.4 Å². The van der Waals surface area contributed by atoms with Gasteiger partial charge in [0.2, 0.25) is 5.78 Å². The van der Waals surface area contributed by atoms with Gasteiger partial charge in [0.25, 0.3) is 0 Å². The number of ketones is 1. The summed E-state index contributed by atoms with van der Waals surface area (Å²) in [7, 11) is 0. The van der Waals surface area contributed by atoms with Gasteiger partial charge in [-0.25, -0.2) is 9.59 Å². The maximum Gasteiger partial charge on any atom is 0.338 e. The molecule has 9 heteroatoms. The SMILES string of the molecule is O=C(COC(=O)c1ccc(OC[C@@H]2CCCO2)cc1)COC(=O)c1ccc(OC[C@@H]2CCCO2)cc1. The average molecular weight is 499 g/mol. The lowest BCUT2D eigenvalue weighted by Gasteiger charge is -2.12. The molecule has 4 rings (SSSR count). The molecule has 2 saturated heterocycles. The summed E-state index contributed by atoms with van der Waals surface area (Å²) < 4.78 is 32.4. The molecule has 0 bridgehead atoms. The Morgan fingerprint density at radius 2 is 1.08 bits per heavy atom. The normalized spacial score (nSPS) is 19.0. The van der Waals surface area contributed by atoms with Gasteiger partial charge in [0, 0.05) is 13.2 Å². The van der Waals surface area contributed by atoms with Crippen LogP contribution in [0.15, 0.2) is 48.5 Å². The molecule has 2 aromatic carbocycles. The van der Waals surface area contributed by atoms with E-state index in [0.717, 1.165) is 38.9 Å². The van der Waals surface area contributed by atoms with Crippen molar-refractivity contribution in [1.82, 2.24) is 0 Å². The van der Waals surface area contributed by atoms with Crippen molar-refractivity contribution in [2.75, 3.05) is 39.6 Å². The van der Waals surface area contributed by atoms with Gasteiger partial charge in [0.15, 0.2) is 13.2 Å². The lowest BCUT2D eigenvalue weighted by atomic mass is 10.2. The van der Waals surface area contributed by atoms with E-state index in [2.05, 4.69) is 0 Å². The molecule has 2 atom stereocenters. The van der Waals surface area contributed by atoms with Crippen LogP contribution in [-0.4, -0.2) is 69.6 Å². The van der Waals surface area contributed by atoms with Gasteiger partial charge in [-0.05, 0) is 74.2 Å². The fraction of sp³-hybridized carbons (Fsp3) is 0.444. The standard InChI is InChI=1S/C27H30O9/c28-21(15-35-26(29)19-5-9-22(10-6-19)33-17-24-3-1-13-31-24)16-36-27(30)20-7-11-23(12-8-20)34-18-25-4-2-14-32-25/h5-12,24-25H,1-4,13-18H2/t24-,25-/m0/s1. The molecule has 0 aromatic heterocycles. The fourth-order valence-electron chi connectivity index (χ4n) is 3.80. The van der Waals surface area contributed by atoms with Crippen molar-refractivity contribution < 1.29 is 42.8 Å². The second-order valence-corrected chi connectivity index (χ2v) is 8.63. The quantitative estimate of drug-likeness (QED) is 0.407. The van der Waals surface area contributed by atoms with Crippen LogP contribution in [0.4, 0.5) is 0 Å². The van der Waals surface area contributed by atoms with Crippen molar-refractivity contribution in [2.45, 2.75) is 37.9 Å². The van der Waals surface area contributed by atoms with Gasteiger partial charge in [0.05, 0.1) is 23.3 Å². The molecule has 0 saturated carbocycles. The number of esters is 2. The van der Waals surface area contributed by atoms with Crippen LogP contribution < -0.4 is 9.47 Å². The summed E-state index contributed by atoms with van der Waals surface area (Å²) in [6.07, 6.45) is 4.23. The smallest absolute Gasteiger partial charge is 0.338 e. The summed E-state index contributed by atoms with van der Waals surface area (Å²) in [6, 6.07) is 12.9.